The van der Waals surface area contributed by atoms with Crippen molar-refractivity contribution in [2.24, 2.45) is 0 Å². The van der Waals surface area contributed by atoms with Crippen molar-refractivity contribution >= 4 is 40.0 Å². The third kappa shape index (κ3) is 6.16. The number of allylic oxidation sites excluding steroid dienone is 1. The molecule has 4 rings (SSSR count). The smallest absolute Gasteiger partial charge is 0.251 e. The minimum absolute atomic E-state index is 0.0977. The Morgan fingerprint density at radius 2 is 1.86 bits per heavy atom. The van der Waals surface area contributed by atoms with Crippen LogP contribution in [0.15, 0.2) is 84.5 Å². The number of nitrogens with zero attached hydrogens (tertiary/aromatic N) is 3. The third-order valence-corrected chi connectivity index (χ3v) is 6.57. The maximum atomic E-state index is 12.7. The topological polar surface area (TPSA) is 118 Å². The Balaban J connectivity index is 1.45. The molecule has 3 N–H and O–H groups in total. The molecule has 0 bridgehead atoms. The first-order chi connectivity index (χ1) is 18.0. The Hall–Kier alpha value is -4.15. The lowest BCUT2D eigenvalue weighted by Gasteiger charge is -2.17. The van der Waals surface area contributed by atoms with Crippen LogP contribution in [0, 0.1) is 0 Å². The third-order valence-electron chi connectivity index (χ3n) is 5.60. The molecule has 1 atom stereocenters. The van der Waals surface area contributed by atoms with Gasteiger partial charge in [0.05, 0.1) is 19.5 Å². The van der Waals surface area contributed by atoms with Gasteiger partial charge in [0.25, 0.3) is 5.91 Å². The average molecular weight is 518 g/mol. The Kier molecular flexibility index (Phi) is 8.55. The molecule has 10 heteroatoms. The van der Waals surface area contributed by atoms with Crippen LogP contribution in [0.4, 0.5) is 5.69 Å². The number of rotatable bonds is 11. The summed E-state index contributed by atoms with van der Waals surface area (Å²) in [4.78, 5) is 25.5. The van der Waals surface area contributed by atoms with Gasteiger partial charge in [-0.1, -0.05) is 54.2 Å². The first kappa shape index (κ1) is 25.9. The minimum atomic E-state index is -0.805. The van der Waals surface area contributed by atoms with Crippen LogP contribution in [0.2, 0.25) is 0 Å². The van der Waals surface area contributed by atoms with Gasteiger partial charge in [0.15, 0.2) is 11.0 Å². The highest BCUT2D eigenvalue weighted by molar-refractivity contribution is 7.99. The van der Waals surface area contributed by atoms with Crippen LogP contribution in [0.25, 0.3) is 10.8 Å². The second kappa shape index (κ2) is 12.2. The molecule has 0 fully saturated rings. The zero-order valence-corrected chi connectivity index (χ0v) is 21.1. The van der Waals surface area contributed by atoms with Crippen molar-refractivity contribution in [3.8, 4) is 5.75 Å². The summed E-state index contributed by atoms with van der Waals surface area (Å²) < 4.78 is 6.84. The number of thioether (sulfide) groups is 1. The molecule has 190 valence electrons. The number of carbonyl (C=O) groups excluding carboxylic acids is 2. The van der Waals surface area contributed by atoms with Crippen LogP contribution in [-0.2, 0) is 11.3 Å². The van der Waals surface area contributed by atoms with E-state index >= 15 is 0 Å². The highest BCUT2D eigenvalue weighted by Crippen LogP contribution is 2.25. The van der Waals surface area contributed by atoms with E-state index in [-0.39, 0.29) is 24.2 Å². The lowest BCUT2D eigenvalue weighted by atomic mass is 10.1. The van der Waals surface area contributed by atoms with Crippen LogP contribution in [0.1, 0.15) is 22.2 Å². The van der Waals surface area contributed by atoms with Crippen LogP contribution in [0.3, 0.4) is 0 Å². The van der Waals surface area contributed by atoms with Gasteiger partial charge in [-0.25, -0.2) is 0 Å². The standard InChI is InChI=1S/C27H27N5O4S/c1-3-15-32-25(23(16-33)29-26(35)19-11-13-20(36-2)14-12-19)30-31-27(32)37-17-24(34)28-22-10-6-8-18-7-4-5-9-21(18)22/h3-14,23,33H,1,15-17H2,2H3,(H,28,34)(H,29,35). The van der Waals surface area contributed by atoms with Crippen LogP contribution < -0.4 is 15.4 Å². The molecule has 1 heterocycles. The van der Waals surface area contributed by atoms with E-state index < -0.39 is 6.04 Å². The summed E-state index contributed by atoms with van der Waals surface area (Å²) in [5.41, 5.74) is 1.15. The molecule has 0 spiro atoms. The van der Waals surface area contributed by atoms with E-state index in [0.717, 1.165) is 16.5 Å². The first-order valence-electron chi connectivity index (χ1n) is 11.5. The minimum Gasteiger partial charge on any atom is -0.497 e. The van der Waals surface area contributed by atoms with Gasteiger partial charge in [-0.2, -0.15) is 0 Å². The molecular formula is C27H27N5O4S. The lowest BCUT2D eigenvalue weighted by Crippen LogP contribution is -2.33. The number of methoxy groups -OCH3 is 1. The van der Waals surface area contributed by atoms with Crippen LogP contribution in [0.5, 0.6) is 5.75 Å². The molecule has 0 saturated heterocycles. The summed E-state index contributed by atoms with van der Waals surface area (Å²) in [7, 11) is 1.55. The Morgan fingerprint density at radius 1 is 1.11 bits per heavy atom. The van der Waals surface area contributed by atoms with E-state index in [1.165, 1.54) is 11.8 Å². The largest absolute Gasteiger partial charge is 0.497 e. The molecule has 9 nitrogen and oxygen atoms in total. The number of hydrogen-bond donors (Lipinski definition) is 3. The van der Waals surface area contributed by atoms with Crippen molar-refractivity contribution < 1.29 is 19.4 Å². The lowest BCUT2D eigenvalue weighted by molar-refractivity contribution is -0.113. The molecule has 1 aromatic heterocycles. The number of benzene rings is 3. The van der Waals surface area contributed by atoms with Crippen LogP contribution >= 0.6 is 11.8 Å². The normalized spacial score (nSPS) is 11.6. The summed E-state index contributed by atoms with van der Waals surface area (Å²) in [5, 5.41) is 26.6. The zero-order chi connectivity index (χ0) is 26.2. The van der Waals surface area contributed by atoms with Crippen molar-refractivity contribution in [3.63, 3.8) is 0 Å². The molecule has 1 unspecified atom stereocenters. The summed E-state index contributed by atoms with van der Waals surface area (Å²) in [6.07, 6.45) is 1.66. The molecular weight excluding hydrogens is 490 g/mol. The van der Waals surface area contributed by atoms with E-state index in [2.05, 4.69) is 27.4 Å². The van der Waals surface area contributed by atoms with Gasteiger partial charge in [-0.05, 0) is 35.7 Å². The number of carbonyl (C=O) groups is 2. The molecule has 0 radical (unpaired) electrons. The number of fused-ring (bicyclic) bond motifs is 1. The highest BCUT2D eigenvalue weighted by atomic mass is 32.2. The first-order valence-corrected chi connectivity index (χ1v) is 12.5. The SMILES string of the molecule is C=CCn1c(SCC(=O)Nc2cccc3ccccc23)nnc1C(CO)NC(=O)c1ccc(OC)cc1. The van der Waals surface area contributed by atoms with E-state index in [0.29, 0.717) is 28.8 Å². The molecule has 0 aliphatic rings. The van der Waals surface area contributed by atoms with E-state index in [4.69, 9.17) is 4.74 Å². The predicted octanol–water partition coefficient (Wildman–Crippen LogP) is 3.82. The molecule has 2 amide bonds. The van der Waals surface area contributed by atoms with Gasteiger partial charge in [-0.3, -0.25) is 9.59 Å². The fraction of sp³-hybridized carbons (Fsp3) is 0.185. The van der Waals surface area contributed by atoms with Gasteiger partial charge >= 0.3 is 0 Å². The van der Waals surface area contributed by atoms with Crippen molar-refractivity contribution in [2.45, 2.75) is 17.7 Å². The van der Waals surface area contributed by atoms with E-state index in [9.17, 15) is 14.7 Å². The number of aromatic nitrogens is 3. The van der Waals surface area contributed by atoms with Gasteiger partial charge in [0.1, 0.15) is 11.8 Å². The fourth-order valence-electron chi connectivity index (χ4n) is 3.79. The van der Waals surface area contributed by atoms with Crippen molar-refractivity contribution in [1.82, 2.24) is 20.1 Å². The van der Waals surface area contributed by atoms with Crippen molar-refractivity contribution in [3.05, 3.63) is 90.8 Å². The van der Waals surface area contributed by atoms with Gasteiger partial charge in [0.2, 0.25) is 5.91 Å². The van der Waals surface area contributed by atoms with Gasteiger partial charge in [0, 0.05) is 23.2 Å². The van der Waals surface area contributed by atoms with E-state index in [1.54, 1.807) is 42.0 Å². The van der Waals surface area contributed by atoms with Crippen molar-refractivity contribution in [1.29, 1.82) is 0 Å². The number of aliphatic hydroxyl groups excluding tert-OH is 1. The fourth-order valence-corrected chi connectivity index (χ4v) is 4.55. The number of aliphatic hydroxyl groups is 1. The summed E-state index contributed by atoms with van der Waals surface area (Å²) in [6, 6.07) is 19.4. The van der Waals surface area contributed by atoms with Gasteiger partial charge < -0.3 is 25.0 Å². The summed E-state index contributed by atoms with van der Waals surface area (Å²) in [6.45, 7) is 3.73. The number of amides is 2. The second-order valence-electron chi connectivity index (χ2n) is 8.04. The number of ether oxygens (including phenoxy) is 1. The quantitative estimate of drug-likeness (QED) is 0.204. The number of anilines is 1. The van der Waals surface area contributed by atoms with E-state index in [1.807, 2.05) is 42.5 Å². The van der Waals surface area contributed by atoms with Crippen molar-refractivity contribution in [2.75, 3.05) is 24.8 Å². The summed E-state index contributed by atoms with van der Waals surface area (Å²) in [5.74, 6) is 0.523. The van der Waals surface area contributed by atoms with Gasteiger partial charge in [-0.15, -0.1) is 16.8 Å². The molecule has 0 aliphatic heterocycles. The average Bonchev–Trinajstić information content (AvgIpc) is 3.33. The Morgan fingerprint density at radius 3 is 2.59 bits per heavy atom. The Bertz CT molecular complexity index is 1400. The maximum Gasteiger partial charge on any atom is 0.251 e. The second-order valence-corrected chi connectivity index (χ2v) is 8.98. The molecule has 0 aliphatic carbocycles. The predicted molar refractivity (Wildman–Crippen MR) is 144 cm³/mol. The maximum absolute atomic E-state index is 12.7. The highest BCUT2D eigenvalue weighted by Gasteiger charge is 2.23. The summed E-state index contributed by atoms with van der Waals surface area (Å²) >= 11 is 1.21. The molecule has 0 saturated carbocycles. The molecule has 37 heavy (non-hydrogen) atoms. The monoisotopic (exact) mass is 517 g/mol. The molecule has 4 aromatic rings. The number of nitrogens with one attached hydrogen (secondary N) is 2. The van der Waals surface area contributed by atoms with Crippen LogP contribution in [-0.4, -0.2) is 51.2 Å². The number of hydrogen-bond acceptors (Lipinski definition) is 7. The Labute approximate surface area is 218 Å². The molecule has 3 aromatic carbocycles. The zero-order valence-electron chi connectivity index (χ0n) is 20.3.